The van der Waals surface area contributed by atoms with E-state index in [9.17, 15) is 14.4 Å². The summed E-state index contributed by atoms with van der Waals surface area (Å²) in [6.07, 6.45) is 5.10. The van der Waals surface area contributed by atoms with Gasteiger partial charge in [-0.3, -0.25) is 14.4 Å². The summed E-state index contributed by atoms with van der Waals surface area (Å²) in [7, 11) is 0. The number of nitrogens with zero attached hydrogens (tertiary/aromatic N) is 5. The number of nitrogens with one attached hydrogen (secondary N) is 3. The molecule has 3 atom stereocenters. The highest BCUT2D eigenvalue weighted by Crippen LogP contribution is 2.32. The summed E-state index contributed by atoms with van der Waals surface area (Å²) in [4.78, 5) is 46.7. The highest BCUT2D eigenvalue weighted by molar-refractivity contribution is 6.17. The summed E-state index contributed by atoms with van der Waals surface area (Å²) in [6.45, 7) is 5.50. The molecule has 1 aliphatic heterocycles. The molecule has 4 aromatic rings. The summed E-state index contributed by atoms with van der Waals surface area (Å²) in [5.41, 5.74) is 17.4. The van der Waals surface area contributed by atoms with Gasteiger partial charge in [0.25, 0.3) is 11.8 Å². The van der Waals surface area contributed by atoms with E-state index in [1.54, 1.807) is 30.3 Å². The van der Waals surface area contributed by atoms with Gasteiger partial charge in [0, 0.05) is 34.8 Å². The topological polar surface area (TPSA) is 198 Å². The molecule has 0 unspecified atom stereocenters. The molecule has 0 spiro atoms. The van der Waals surface area contributed by atoms with Crippen molar-refractivity contribution in [2.75, 3.05) is 18.0 Å². The van der Waals surface area contributed by atoms with Crippen LogP contribution in [-0.2, 0) is 16.0 Å². The monoisotopic (exact) mass is 678 g/mol. The lowest BCUT2D eigenvalue weighted by atomic mass is 9.81. The minimum Gasteiger partial charge on any atom is -0.348 e. The number of aromatic nitrogens is 5. The van der Waals surface area contributed by atoms with E-state index in [-0.39, 0.29) is 30.2 Å². The number of H-pyrrole nitrogens is 1. The second-order valence-electron chi connectivity index (χ2n) is 13.6. The van der Waals surface area contributed by atoms with Gasteiger partial charge in [-0.15, -0.1) is 10.2 Å². The Labute approximate surface area is 292 Å². The molecule has 6 rings (SSSR count). The van der Waals surface area contributed by atoms with Gasteiger partial charge in [0.15, 0.2) is 0 Å². The molecule has 1 aliphatic carbocycles. The smallest absolute Gasteiger partial charge is 0.270 e. The first-order chi connectivity index (χ1) is 24.2. The van der Waals surface area contributed by atoms with Gasteiger partial charge in [0.1, 0.15) is 5.69 Å². The lowest BCUT2D eigenvalue weighted by Gasteiger charge is -2.32. The fourth-order valence-electron chi connectivity index (χ4n) is 7.08. The van der Waals surface area contributed by atoms with Crippen LogP contribution in [0.15, 0.2) is 60.7 Å². The highest BCUT2D eigenvalue weighted by atomic mass is 16.2. The van der Waals surface area contributed by atoms with Gasteiger partial charge in [-0.05, 0) is 124 Å². The molecule has 7 N–H and O–H groups in total. The van der Waals surface area contributed by atoms with Crippen LogP contribution >= 0.6 is 0 Å². The van der Waals surface area contributed by atoms with E-state index in [0.29, 0.717) is 54.1 Å². The number of tetrazole rings is 1. The number of amides is 3. The Morgan fingerprint density at radius 2 is 1.68 bits per heavy atom. The molecule has 0 bridgehead atoms. The molecule has 1 saturated carbocycles. The van der Waals surface area contributed by atoms with Gasteiger partial charge in [0.2, 0.25) is 11.7 Å². The SMILES string of the molecule is Cc1nc(C(=O)N[C@@H]2CCN[C@H](C)C2)ccc1-c1ccc(C[C@H](N)C(=O)N(C(=O)C2CCC(CN)CC2)c2ccc(-c3nn[nH]n3)cc2)cc1. The van der Waals surface area contributed by atoms with Crippen molar-refractivity contribution in [2.45, 2.75) is 76.9 Å². The number of rotatable bonds is 10. The van der Waals surface area contributed by atoms with E-state index in [0.717, 1.165) is 54.6 Å². The number of anilines is 1. The first-order valence-electron chi connectivity index (χ1n) is 17.5. The predicted octanol–water partition coefficient (Wildman–Crippen LogP) is 3.30. The van der Waals surface area contributed by atoms with Gasteiger partial charge < -0.3 is 22.1 Å². The van der Waals surface area contributed by atoms with Crippen LogP contribution in [0.2, 0.25) is 0 Å². The van der Waals surface area contributed by atoms with Gasteiger partial charge in [0.05, 0.1) is 11.7 Å². The average molecular weight is 679 g/mol. The molecule has 3 amide bonds. The normalized spacial score (nSPS) is 21.3. The highest BCUT2D eigenvalue weighted by Gasteiger charge is 2.35. The van der Waals surface area contributed by atoms with Crippen molar-refractivity contribution in [1.82, 2.24) is 36.2 Å². The van der Waals surface area contributed by atoms with Crippen LogP contribution < -0.4 is 27.0 Å². The Morgan fingerprint density at radius 1 is 0.960 bits per heavy atom. The zero-order valence-electron chi connectivity index (χ0n) is 28.6. The molecule has 262 valence electrons. The van der Waals surface area contributed by atoms with Crippen molar-refractivity contribution >= 4 is 23.4 Å². The lowest BCUT2D eigenvalue weighted by Crippen LogP contribution is -2.50. The van der Waals surface area contributed by atoms with Crippen LogP contribution in [0.1, 0.15) is 67.2 Å². The molecule has 0 radical (unpaired) electrons. The summed E-state index contributed by atoms with van der Waals surface area (Å²) in [5.74, 6) is -0.336. The summed E-state index contributed by atoms with van der Waals surface area (Å²) < 4.78 is 0. The van der Waals surface area contributed by atoms with E-state index in [1.165, 1.54) is 4.90 Å². The van der Waals surface area contributed by atoms with Crippen molar-refractivity contribution in [3.05, 3.63) is 77.6 Å². The first kappa shape index (κ1) is 35.0. The molecule has 3 heterocycles. The number of aryl methyl sites for hydroxylation is 1. The quantitative estimate of drug-likeness (QED) is 0.166. The predicted molar refractivity (Wildman–Crippen MR) is 191 cm³/mol. The standard InChI is InChI=1S/C37H46N10O3/c1-22-19-29(17-18-40-22)42-35(48)33-16-15-31(23(2)41-33)26-7-3-24(4-8-26)20-32(39)37(50)47(36(49)28-9-5-25(21-38)6-10-28)30-13-11-27(12-14-30)34-43-45-46-44-34/h3-4,7-8,11-16,22,25,28-29,32,40H,5-6,9-10,17-21,38-39H2,1-2H3,(H,42,48)(H,43,44,45,46)/t22-,25?,28?,29-,32+/m1/s1. The Balaban J connectivity index is 1.14. The Bertz CT molecular complexity index is 1770. The van der Waals surface area contributed by atoms with Crippen LogP contribution in [0.3, 0.4) is 0 Å². The molecule has 50 heavy (non-hydrogen) atoms. The Morgan fingerprint density at radius 3 is 2.32 bits per heavy atom. The molecule has 13 heteroatoms. The minimum atomic E-state index is -0.953. The zero-order chi connectivity index (χ0) is 35.2. The fourth-order valence-corrected chi connectivity index (χ4v) is 7.08. The van der Waals surface area contributed by atoms with Crippen molar-refractivity contribution in [3.8, 4) is 22.5 Å². The second kappa shape index (κ2) is 15.8. The number of carbonyl (C=O) groups excluding carboxylic acids is 3. The molecule has 2 fully saturated rings. The van der Waals surface area contributed by atoms with Crippen LogP contribution in [0.4, 0.5) is 5.69 Å². The van der Waals surface area contributed by atoms with E-state index in [2.05, 4.69) is 43.2 Å². The number of nitrogens with two attached hydrogens (primary N) is 2. The van der Waals surface area contributed by atoms with Gasteiger partial charge in [-0.25, -0.2) is 9.88 Å². The summed E-state index contributed by atoms with van der Waals surface area (Å²) in [6, 6.07) is 18.0. The number of pyridine rings is 1. The van der Waals surface area contributed by atoms with Crippen LogP contribution in [0.25, 0.3) is 22.5 Å². The molecule has 2 aromatic heterocycles. The largest absolute Gasteiger partial charge is 0.348 e. The molecule has 1 saturated heterocycles. The second-order valence-corrected chi connectivity index (χ2v) is 13.6. The average Bonchev–Trinajstić information content (AvgIpc) is 3.68. The maximum Gasteiger partial charge on any atom is 0.270 e. The van der Waals surface area contributed by atoms with E-state index in [1.807, 2.05) is 37.3 Å². The van der Waals surface area contributed by atoms with Crippen molar-refractivity contribution < 1.29 is 14.4 Å². The van der Waals surface area contributed by atoms with Crippen LogP contribution in [0, 0.1) is 18.8 Å². The number of hydrogen-bond acceptors (Lipinski definition) is 10. The fraction of sp³-hybridized carbons (Fsp3) is 0.432. The van der Waals surface area contributed by atoms with E-state index < -0.39 is 11.9 Å². The van der Waals surface area contributed by atoms with Crippen molar-refractivity contribution in [1.29, 1.82) is 0 Å². The van der Waals surface area contributed by atoms with Crippen LogP contribution in [0.5, 0.6) is 0 Å². The first-order valence-corrected chi connectivity index (χ1v) is 17.5. The third kappa shape index (κ3) is 8.12. The number of piperidine rings is 1. The number of benzene rings is 2. The molecular weight excluding hydrogens is 632 g/mol. The lowest BCUT2D eigenvalue weighted by molar-refractivity contribution is -0.130. The van der Waals surface area contributed by atoms with Crippen LogP contribution in [-0.4, -0.2) is 74.5 Å². The van der Waals surface area contributed by atoms with Gasteiger partial charge in [-0.2, -0.15) is 5.21 Å². The zero-order valence-corrected chi connectivity index (χ0v) is 28.6. The number of imide groups is 1. The summed E-state index contributed by atoms with van der Waals surface area (Å²) in [5, 5.41) is 20.6. The third-order valence-electron chi connectivity index (χ3n) is 10.0. The van der Waals surface area contributed by atoms with Gasteiger partial charge in [-0.1, -0.05) is 30.3 Å². The van der Waals surface area contributed by atoms with Crippen molar-refractivity contribution in [3.63, 3.8) is 0 Å². The Kier molecular flexibility index (Phi) is 11.1. The number of hydrogen-bond donors (Lipinski definition) is 5. The number of carbonyl (C=O) groups is 3. The maximum absolute atomic E-state index is 14.0. The van der Waals surface area contributed by atoms with E-state index >= 15 is 0 Å². The molecule has 2 aliphatic rings. The molecule has 2 aromatic carbocycles. The maximum atomic E-state index is 14.0. The minimum absolute atomic E-state index is 0.135. The molecular formula is C37H46N10O3. The Hall–Kier alpha value is -4.85. The molecule has 13 nitrogen and oxygen atoms in total. The number of aromatic amines is 1. The van der Waals surface area contributed by atoms with E-state index in [4.69, 9.17) is 11.5 Å². The summed E-state index contributed by atoms with van der Waals surface area (Å²) >= 11 is 0. The van der Waals surface area contributed by atoms with Crippen molar-refractivity contribution in [2.24, 2.45) is 23.3 Å². The van der Waals surface area contributed by atoms with Gasteiger partial charge >= 0.3 is 0 Å². The third-order valence-corrected chi connectivity index (χ3v) is 10.0.